The highest BCUT2D eigenvalue weighted by atomic mass is 35.5. The topological polar surface area (TPSA) is 47.0 Å². The van der Waals surface area contributed by atoms with E-state index in [0.29, 0.717) is 34.0 Å². The zero-order valence-corrected chi connectivity index (χ0v) is 12.1. The minimum atomic E-state index is 0.304. The number of halogens is 2. The van der Waals surface area contributed by atoms with Gasteiger partial charge in [0.1, 0.15) is 10.8 Å². The van der Waals surface area contributed by atoms with Crippen LogP contribution in [0.4, 0.5) is 5.82 Å². The molecule has 0 radical (unpaired) electrons. The van der Waals surface area contributed by atoms with Crippen LogP contribution in [0.15, 0.2) is 24.4 Å². The Balaban J connectivity index is 2.34. The lowest BCUT2D eigenvalue weighted by atomic mass is 10.3. The SMILES string of the molecule is CCNc1nc(Oc2cccnc2C)c(Cl)cc1Cl. The lowest BCUT2D eigenvalue weighted by Crippen LogP contribution is -2.02. The lowest BCUT2D eigenvalue weighted by Gasteiger charge is -2.11. The highest BCUT2D eigenvalue weighted by Gasteiger charge is 2.12. The minimum absolute atomic E-state index is 0.304. The van der Waals surface area contributed by atoms with Crippen LogP contribution in [0.1, 0.15) is 12.6 Å². The van der Waals surface area contributed by atoms with Crippen molar-refractivity contribution in [1.82, 2.24) is 9.97 Å². The summed E-state index contributed by atoms with van der Waals surface area (Å²) in [6, 6.07) is 5.20. The molecule has 0 aliphatic carbocycles. The fourth-order valence-electron chi connectivity index (χ4n) is 1.49. The number of nitrogens with zero attached hydrogens (tertiary/aromatic N) is 2. The van der Waals surface area contributed by atoms with Gasteiger partial charge in [-0.05, 0) is 32.0 Å². The Morgan fingerprint density at radius 1 is 1.32 bits per heavy atom. The average molecular weight is 298 g/mol. The Labute approximate surface area is 121 Å². The highest BCUT2D eigenvalue weighted by molar-refractivity contribution is 6.36. The number of ether oxygens (including phenoxy) is 1. The van der Waals surface area contributed by atoms with E-state index in [-0.39, 0.29) is 0 Å². The molecule has 0 aromatic carbocycles. The average Bonchev–Trinajstić information content (AvgIpc) is 2.38. The van der Waals surface area contributed by atoms with Crippen LogP contribution in [0.2, 0.25) is 10.0 Å². The first kappa shape index (κ1) is 13.9. The van der Waals surface area contributed by atoms with E-state index >= 15 is 0 Å². The van der Waals surface area contributed by atoms with Crippen LogP contribution in [0, 0.1) is 6.92 Å². The van der Waals surface area contributed by atoms with Gasteiger partial charge in [-0.15, -0.1) is 0 Å². The number of anilines is 1. The van der Waals surface area contributed by atoms with Crippen molar-refractivity contribution < 1.29 is 4.74 Å². The largest absolute Gasteiger partial charge is 0.436 e. The molecule has 0 saturated carbocycles. The van der Waals surface area contributed by atoms with E-state index in [1.165, 1.54) is 0 Å². The molecule has 0 bridgehead atoms. The smallest absolute Gasteiger partial charge is 0.240 e. The summed E-state index contributed by atoms with van der Waals surface area (Å²) in [6.07, 6.45) is 1.70. The van der Waals surface area contributed by atoms with Crippen molar-refractivity contribution in [2.75, 3.05) is 11.9 Å². The molecule has 2 heterocycles. The molecule has 0 fully saturated rings. The number of aryl methyl sites for hydroxylation is 1. The van der Waals surface area contributed by atoms with E-state index in [9.17, 15) is 0 Å². The number of rotatable bonds is 4. The second kappa shape index (κ2) is 6.08. The summed E-state index contributed by atoms with van der Waals surface area (Å²) in [5, 5.41) is 3.86. The van der Waals surface area contributed by atoms with Crippen molar-refractivity contribution in [3.8, 4) is 11.6 Å². The zero-order valence-electron chi connectivity index (χ0n) is 10.6. The summed E-state index contributed by atoms with van der Waals surface area (Å²) in [7, 11) is 0. The van der Waals surface area contributed by atoms with Gasteiger partial charge >= 0.3 is 0 Å². The third kappa shape index (κ3) is 3.28. The van der Waals surface area contributed by atoms with Gasteiger partial charge in [-0.3, -0.25) is 4.98 Å². The maximum atomic E-state index is 6.08. The Morgan fingerprint density at radius 2 is 2.11 bits per heavy atom. The molecular weight excluding hydrogens is 285 g/mol. The van der Waals surface area contributed by atoms with Crippen LogP contribution in [0.5, 0.6) is 11.6 Å². The summed E-state index contributed by atoms with van der Waals surface area (Å²) in [6.45, 7) is 4.52. The molecule has 0 unspecified atom stereocenters. The number of hydrogen-bond donors (Lipinski definition) is 1. The van der Waals surface area contributed by atoms with Gasteiger partial charge < -0.3 is 10.1 Å². The first-order valence-electron chi connectivity index (χ1n) is 5.81. The highest BCUT2D eigenvalue weighted by Crippen LogP contribution is 2.33. The van der Waals surface area contributed by atoms with Gasteiger partial charge in [0.15, 0.2) is 5.75 Å². The summed E-state index contributed by atoms with van der Waals surface area (Å²) in [5.41, 5.74) is 0.764. The standard InChI is InChI=1S/C13H13Cl2N3O/c1-3-16-12-9(14)7-10(15)13(18-12)19-11-5-4-6-17-8(11)2/h4-7H,3H2,1-2H3,(H,16,18). The molecule has 1 N–H and O–H groups in total. The maximum absolute atomic E-state index is 6.08. The summed E-state index contributed by atoms with van der Waals surface area (Å²) in [4.78, 5) is 8.42. The third-order valence-electron chi connectivity index (χ3n) is 2.41. The quantitative estimate of drug-likeness (QED) is 0.913. The molecule has 0 amide bonds. The van der Waals surface area contributed by atoms with Gasteiger partial charge in [0.05, 0.1) is 10.7 Å². The monoisotopic (exact) mass is 297 g/mol. The van der Waals surface area contributed by atoms with Crippen LogP contribution in [-0.4, -0.2) is 16.5 Å². The van der Waals surface area contributed by atoms with E-state index in [1.807, 2.05) is 19.9 Å². The van der Waals surface area contributed by atoms with Crippen LogP contribution in [0.3, 0.4) is 0 Å². The molecular formula is C13H13Cl2N3O. The van der Waals surface area contributed by atoms with Gasteiger partial charge in [0.2, 0.25) is 5.88 Å². The van der Waals surface area contributed by atoms with Crippen LogP contribution in [0.25, 0.3) is 0 Å². The first-order chi connectivity index (χ1) is 9.11. The molecule has 0 aliphatic rings. The summed E-state index contributed by atoms with van der Waals surface area (Å²) < 4.78 is 5.68. The van der Waals surface area contributed by atoms with Gasteiger partial charge in [0.25, 0.3) is 0 Å². The molecule has 4 nitrogen and oxygen atoms in total. The van der Waals surface area contributed by atoms with Crippen molar-refractivity contribution in [3.63, 3.8) is 0 Å². The Morgan fingerprint density at radius 3 is 2.79 bits per heavy atom. The normalized spacial score (nSPS) is 10.3. The van der Waals surface area contributed by atoms with Crippen LogP contribution < -0.4 is 10.1 Å². The van der Waals surface area contributed by atoms with Gasteiger partial charge in [-0.25, -0.2) is 0 Å². The fraction of sp³-hybridized carbons (Fsp3) is 0.231. The minimum Gasteiger partial charge on any atom is -0.436 e. The van der Waals surface area contributed by atoms with Crippen molar-refractivity contribution in [2.45, 2.75) is 13.8 Å². The summed E-state index contributed by atoms with van der Waals surface area (Å²) >= 11 is 12.1. The lowest BCUT2D eigenvalue weighted by molar-refractivity contribution is 0.457. The molecule has 0 aliphatic heterocycles. The van der Waals surface area contributed by atoms with Crippen molar-refractivity contribution in [1.29, 1.82) is 0 Å². The van der Waals surface area contributed by atoms with Gasteiger partial charge in [-0.2, -0.15) is 4.98 Å². The predicted molar refractivity (Wildman–Crippen MR) is 77.5 cm³/mol. The number of aromatic nitrogens is 2. The third-order valence-corrected chi connectivity index (χ3v) is 2.97. The van der Waals surface area contributed by atoms with Crippen molar-refractivity contribution in [3.05, 3.63) is 40.1 Å². The van der Waals surface area contributed by atoms with E-state index in [2.05, 4.69) is 15.3 Å². The Hall–Kier alpha value is -1.52. The zero-order chi connectivity index (χ0) is 13.8. The second-order valence-electron chi connectivity index (χ2n) is 3.83. The molecule has 0 atom stereocenters. The van der Waals surface area contributed by atoms with E-state index in [4.69, 9.17) is 27.9 Å². The first-order valence-corrected chi connectivity index (χ1v) is 6.56. The van der Waals surface area contributed by atoms with Crippen LogP contribution in [-0.2, 0) is 0 Å². The Kier molecular flexibility index (Phi) is 4.45. The molecule has 0 spiro atoms. The molecule has 0 saturated heterocycles. The predicted octanol–water partition coefficient (Wildman–Crippen LogP) is 4.32. The number of nitrogens with one attached hydrogen (secondary N) is 1. The molecule has 100 valence electrons. The molecule has 2 aromatic heterocycles. The molecule has 19 heavy (non-hydrogen) atoms. The van der Waals surface area contributed by atoms with E-state index < -0.39 is 0 Å². The number of pyridine rings is 2. The maximum Gasteiger partial charge on any atom is 0.240 e. The van der Waals surface area contributed by atoms with Crippen LogP contribution >= 0.6 is 23.2 Å². The summed E-state index contributed by atoms with van der Waals surface area (Å²) in [5.74, 6) is 1.46. The van der Waals surface area contributed by atoms with Crippen molar-refractivity contribution in [2.24, 2.45) is 0 Å². The molecule has 2 rings (SSSR count). The molecule has 6 heteroatoms. The fourth-order valence-corrected chi connectivity index (χ4v) is 1.96. The van der Waals surface area contributed by atoms with Crippen molar-refractivity contribution >= 4 is 29.0 Å². The number of hydrogen-bond acceptors (Lipinski definition) is 4. The van der Waals surface area contributed by atoms with Gasteiger partial charge in [0, 0.05) is 12.7 Å². The van der Waals surface area contributed by atoms with E-state index in [0.717, 1.165) is 5.69 Å². The molecule has 2 aromatic rings. The second-order valence-corrected chi connectivity index (χ2v) is 4.64. The van der Waals surface area contributed by atoms with Gasteiger partial charge in [-0.1, -0.05) is 23.2 Å². The van der Waals surface area contributed by atoms with E-state index in [1.54, 1.807) is 18.3 Å². The Bertz CT molecular complexity index is 590.